The van der Waals surface area contributed by atoms with Gasteiger partial charge in [0.05, 0.1) is 0 Å². The van der Waals surface area contributed by atoms with Gasteiger partial charge in [0.2, 0.25) is 0 Å². The molecule has 0 bridgehead atoms. The molecule has 0 aliphatic rings. The average Bonchev–Trinajstić information content (AvgIpc) is 2.17. The van der Waals surface area contributed by atoms with E-state index >= 15 is 0 Å². The summed E-state index contributed by atoms with van der Waals surface area (Å²) in [5.41, 5.74) is 2.90. The van der Waals surface area contributed by atoms with Gasteiger partial charge in [0.15, 0.2) is 0 Å². The van der Waals surface area contributed by atoms with Crippen LogP contribution in [0.25, 0.3) is 0 Å². The van der Waals surface area contributed by atoms with E-state index in [1.54, 1.807) is 0 Å². The average molecular weight is 198 g/mol. The summed E-state index contributed by atoms with van der Waals surface area (Å²) in [6, 6.07) is 0. The predicted octanol–water partition coefficient (Wildman–Crippen LogP) is 3.78. The van der Waals surface area contributed by atoms with Gasteiger partial charge in [-0.15, -0.1) is 0 Å². The summed E-state index contributed by atoms with van der Waals surface area (Å²) in [4.78, 5) is 0. The molecule has 84 valence electrons. The first-order valence-corrected chi connectivity index (χ1v) is 5.76. The Morgan fingerprint density at radius 1 is 1.21 bits per heavy atom. The fourth-order valence-electron chi connectivity index (χ4n) is 1.54. The van der Waals surface area contributed by atoms with Crippen molar-refractivity contribution in [1.29, 1.82) is 0 Å². The van der Waals surface area contributed by atoms with Gasteiger partial charge in [-0.05, 0) is 45.4 Å². The third kappa shape index (κ3) is 4.80. The molecule has 14 heavy (non-hydrogen) atoms. The fraction of sp³-hybridized carbons (Fsp3) is 0.846. The molecule has 0 aliphatic heterocycles. The SMILES string of the molecule is CCC(C)C(CO)CCC(C)=C(C)C. The van der Waals surface area contributed by atoms with Crippen LogP contribution < -0.4 is 0 Å². The molecule has 0 heterocycles. The number of hydrogen-bond acceptors (Lipinski definition) is 1. The number of rotatable bonds is 6. The molecule has 1 nitrogen and oxygen atoms in total. The van der Waals surface area contributed by atoms with Crippen LogP contribution in [0.2, 0.25) is 0 Å². The number of aliphatic hydroxyl groups is 1. The highest BCUT2D eigenvalue weighted by Crippen LogP contribution is 2.22. The lowest BCUT2D eigenvalue weighted by Gasteiger charge is -2.20. The van der Waals surface area contributed by atoms with Crippen LogP contribution in [0.1, 0.15) is 53.9 Å². The van der Waals surface area contributed by atoms with Crippen molar-refractivity contribution >= 4 is 0 Å². The van der Waals surface area contributed by atoms with Crippen LogP contribution in [-0.2, 0) is 0 Å². The summed E-state index contributed by atoms with van der Waals surface area (Å²) >= 11 is 0. The lowest BCUT2D eigenvalue weighted by atomic mass is 9.87. The summed E-state index contributed by atoms with van der Waals surface area (Å²) in [6.07, 6.45) is 3.43. The molecule has 1 N–H and O–H groups in total. The maximum Gasteiger partial charge on any atom is 0.0461 e. The van der Waals surface area contributed by atoms with E-state index < -0.39 is 0 Å². The molecule has 0 rings (SSSR count). The van der Waals surface area contributed by atoms with Gasteiger partial charge in [-0.3, -0.25) is 0 Å². The first-order chi connectivity index (χ1) is 6.52. The maximum absolute atomic E-state index is 9.26. The maximum atomic E-state index is 9.26. The van der Waals surface area contributed by atoms with E-state index in [4.69, 9.17) is 0 Å². The summed E-state index contributed by atoms with van der Waals surface area (Å²) in [6.45, 7) is 11.3. The van der Waals surface area contributed by atoms with Crippen molar-refractivity contribution < 1.29 is 5.11 Å². The lowest BCUT2D eigenvalue weighted by Crippen LogP contribution is -2.15. The largest absolute Gasteiger partial charge is 0.396 e. The van der Waals surface area contributed by atoms with Crippen LogP contribution in [0.5, 0.6) is 0 Å². The van der Waals surface area contributed by atoms with Crippen LogP contribution >= 0.6 is 0 Å². The van der Waals surface area contributed by atoms with Gasteiger partial charge in [-0.1, -0.05) is 31.4 Å². The number of hydrogen-bond donors (Lipinski definition) is 1. The van der Waals surface area contributed by atoms with Gasteiger partial charge in [-0.2, -0.15) is 0 Å². The molecule has 0 aromatic rings. The van der Waals surface area contributed by atoms with E-state index in [1.807, 2.05) is 0 Å². The van der Waals surface area contributed by atoms with Gasteiger partial charge < -0.3 is 5.11 Å². The van der Waals surface area contributed by atoms with Crippen LogP contribution in [0.4, 0.5) is 0 Å². The van der Waals surface area contributed by atoms with Crippen LogP contribution in [0.15, 0.2) is 11.1 Å². The molecule has 0 amide bonds. The first-order valence-electron chi connectivity index (χ1n) is 5.76. The van der Waals surface area contributed by atoms with Crippen molar-refractivity contribution in [2.45, 2.75) is 53.9 Å². The highest BCUT2D eigenvalue weighted by molar-refractivity contribution is 5.06. The zero-order valence-corrected chi connectivity index (χ0v) is 10.4. The van der Waals surface area contributed by atoms with Gasteiger partial charge in [0.1, 0.15) is 0 Å². The van der Waals surface area contributed by atoms with Gasteiger partial charge in [-0.25, -0.2) is 0 Å². The van der Waals surface area contributed by atoms with E-state index in [9.17, 15) is 5.11 Å². The van der Waals surface area contributed by atoms with Crippen molar-refractivity contribution in [3.8, 4) is 0 Å². The van der Waals surface area contributed by atoms with E-state index in [1.165, 1.54) is 17.6 Å². The van der Waals surface area contributed by atoms with Gasteiger partial charge >= 0.3 is 0 Å². The smallest absolute Gasteiger partial charge is 0.0461 e. The van der Waals surface area contributed by atoms with E-state index in [2.05, 4.69) is 34.6 Å². The normalized spacial score (nSPS) is 15.0. The molecule has 0 spiro atoms. The van der Waals surface area contributed by atoms with Crippen molar-refractivity contribution in [3.05, 3.63) is 11.1 Å². The van der Waals surface area contributed by atoms with Gasteiger partial charge in [0.25, 0.3) is 0 Å². The Morgan fingerprint density at radius 2 is 1.79 bits per heavy atom. The predicted molar refractivity (Wildman–Crippen MR) is 63.3 cm³/mol. The minimum absolute atomic E-state index is 0.338. The van der Waals surface area contributed by atoms with E-state index in [-0.39, 0.29) is 0 Å². The van der Waals surface area contributed by atoms with E-state index in [0.29, 0.717) is 18.4 Å². The molecular weight excluding hydrogens is 172 g/mol. The molecule has 0 saturated carbocycles. The summed E-state index contributed by atoms with van der Waals surface area (Å²) < 4.78 is 0. The third-order valence-corrected chi connectivity index (χ3v) is 3.43. The molecule has 0 aliphatic carbocycles. The molecule has 0 aromatic carbocycles. The third-order valence-electron chi connectivity index (χ3n) is 3.43. The molecule has 2 unspecified atom stereocenters. The van der Waals surface area contributed by atoms with Crippen LogP contribution in [0, 0.1) is 11.8 Å². The Morgan fingerprint density at radius 3 is 2.14 bits per heavy atom. The summed E-state index contributed by atoms with van der Waals surface area (Å²) in [5, 5.41) is 9.26. The highest BCUT2D eigenvalue weighted by Gasteiger charge is 2.14. The molecule has 2 atom stereocenters. The molecule has 0 aromatic heterocycles. The molecule has 0 radical (unpaired) electrons. The van der Waals surface area contributed by atoms with Crippen molar-refractivity contribution in [1.82, 2.24) is 0 Å². The molecule has 1 heteroatoms. The Labute approximate surface area is 89.2 Å². The second-order valence-electron chi connectivity index (χ2n) is 4.65. The van der Waals surface area contributed by atoms with Crippen molar-refractivity contribution in [2.24, 2.45) is 11.8 Å². The van der Waals surface area contributed by atoms with E-state index in [0.717, 1.165) is 12.8 Å². The topological polar surface area (TPSA) is 20.2 Å². The number of allylic oxidation sites excluding steroid dienone is 2. The quantitative estimate of drug-likeness (QED) is 0.644. The monoisotopic (exact) mass is 198 g/mol. The minimum Gasteiger partial charge on any atom is -0.396 e. The highest BCUT2D eigenvalue weighted by atomic mass is 16.3. The van der Waals surface area contributed by atoms with Crippen LogP contribution in [-0.4, -0.2) is 11.7 Å². The zero-order chi connectivity index (χ0) is 11.1. The summed E-state index contributed by atoms with van der Waals surface area (Å²) in [7, 11) is 0. The second kappa shape index (κ2) is 7.05. The Bertz CT molecular complexity index is 178. The Hall–Kier alpha value is -0.300. The van der Waals surface area contributed by atoms with Gasteiger partial charge in [0, 0.05) is 6.61 Å². The Balaban J connectivity index is 4.02. The molecule has 0 fully saturated rings. The standard InChI is InChI=1S/C13H26O/c1-6-11(4)13(9-14)8-7-12(5)10(2)3/h11,13-14H,6-9H2,1-5H3. The summed E-state index contributed by atoms with van der Waals surface area (Å²) in [5.74, 6) is 1.12. The lowest BCUT2D eigenvalue weighted by molar-refractivity contribution is 0.171. The van der Waals surface area contributed by atoms with Crippen molar-refractivity contribution in [3.63, 3.8) is 0 Å². The Kier molecular flexibility index (Phi) is 6.90. The zero-order valence-electron chi connectivity index (χ0n) is 10.4. The second-order valence-corrected chi connectivity index (χ2v) is 4.65. The minimum atomic E-state index is 0.338. The molecule has 0 saturated heterocycles. The van der Waals surface area contributed by atoms with Crippen molar-refractivity contribution in [2.75, 3.05) is 6.61 Å². The fourth-order valence-corrected chi connectivity index (χ4v) is 1.54. The molecular formula is C13H26O. The van der Waals surface area contributed by atoms with Crippen LogP contribution in [0.3, 0.4) is 0 Å². The number of aliphatic hydroxyl groups excluding tert-OH is 1. The first kappa shape index (κ1) is 13.7.